The molecule has 0 aliphatic carbocycles. The lowest BCUT2D eigenvalue weighted by molar-refractivity contribution is -0.120. The second-order valence-electron chi connectivity index (χ2n) is 4.58. The van der Waals surface area contributed by atoms with Crippen molar-refractivity contribution in [2.45, 2.75) is 0 Å². The van der Waals surface area contributed by atoms with Crippen molar-refractivity contribution in [3.05, 3.63) is 66.4 Å². The SMILES string of the molecule is O=COc1ccc2c(NC(=O)c3ccccc3)nccc2c1. The summed E-state index contributed by atoms with van der Waals surface area (Å²) in [5, 5.41) is 4.38. The summed E-state index contributed by atoms with van der Waals surface area (Å²) in [6.45, 7) is 0.375. The molecular weight excluding hydrogens is 280 g/mol. The average molecular weight is 292 g/mol. The van der Waals surface area contributed by atoms with Crippen LogP contribution < -0.4 is 10.1 Å². The Bertz CT molecular complexity index is 832. The molecule has 0 aliphatic rings. The molecule has 108 valence electrons. The van der Waals surface area contributed by atoms with E-state index in [4.69, 9.17) is 4.74 Å². The molecule has 0 unspecified atom stereocenters. The Hall–Kier alpha value is -3.21. The van der Waals surface area contributed by atoms with Gasteiger partial charge < -0.3 is 10.1 Å². The molecule has 0 aliphatic heterocycles. The predicted molar refractivity (Wildman–Crippen MR) is 82.8 cm³/mol. The van der Waals surface area contributed by atoms with Gasteiger partial charge in [-0.15, -0.1) is 0 Å². The van der Waals surface area contributed by atoms with Crippen LogP contribution in [0, 0.1) is 0 Å². The number of pyridine rings is 1. The van der Waals surface area contributed by atoms with Crippen molar-refractivity contribution >= 4 is 29.0 Å². The molecule has 0 saturated heterocycles. The summed E-state index contributed by atoms with van der Waals surface area (Å²) in [7, 11) is 0. The number of rotatable bonds is 4. The number of hydrogen-bond acceptors (Lipinski definition) is 4. The van der Waals surface area contributed by atoms with E-state index in [9.17, 15) is 9.59 Å². The minimum Gasteiger partial charge on any atom is -0.429 e. The number of ether oxygens (including phenoxy) is 1. The van der Waals surface area contributed by atoms with Crippen molar-refractivity contribution in [2.75, 3.05) is 5.32 Å². The van der Waals surface area contributed by atoms with Crippen molar-refractivity contribution in [3.63, 3.8) is 0 Å². The van der Waals surface area contributed by atoms with Crippen LogP contribution in [0.4, 0.5) is 5.82 Å². The van der Waals surface area contributed by atoms with Crippen LogP contribution in [0.15, 0.2) is 60.8 Å². The van der Waals surface area contributed by atoms with Crippen LogP contribution in [0.1, 0.15) is 10.4 Å². The lowest BCUT2D eigenvalue weighted by Gasteiger charge is -2.08. The lowest BCUT2D eigenvalue weighted by Crippen LogP contribution is -2.13. The Kier molecular flexibility index (Phi) is 3.78. The molecule has 0 fully saturated rings. The summed E-state index contributed by atoms with van der Waals surface area (Å²) in [5.74, 6) is 0.673. The first-order valence-electron chi connectivity index (χ1n) is 6.63. The molecule has 0 spiro atoms. The minimum absolute atomic E-state index is 0.228. The van der Waals surface area contributed by atoms with E-state index >= 15 is 0 Å². The molecule has 5 nitrogen and oxygen atoms in total. The normalized spacial score (nSPS) is 10.2. The summed E-state index contributed by atoms with van der Waals surface area (Å²) in [5.41, 5.74) is 0.558. The van der Waals surface area contributed by atoms with Gasteiger partial charge in [0.2, 0.25) is 0 Å². The van der Waals surface area contributed by atoms with Crippen LogP contribution in [0.3, 0.4) is 0 Å². The number of hydrogen-bond donors (Lipinski definition) is 1. The number of nitrogens with one attached hydrogen (secondary N) is 1. The van der Waals surface area contributed by atoms with E-state index < -0.39 is 0 Å². The first-order valence-corrected chi connectivity index (χ1v) is 6.63. The number of carbonyl (C=O) groups is 2. The van der Waals surface area contributed by atoms with Gasteiger partial charge in [0.1, 0.15) is 11.6 Å². The van der Waals surface area contributed by atoms with Gasteiger partial charge in [-0.1, -0.05) is 18.2 Å². The second kappa shape index (κ2) is 6.05. The Morgan fingerprint density at radius 2 is 1.91 bits per heavy atom. The first kappa shape index (κ1) is 13.8. The second-order valence-corrected chi connectivity index (χ2v) is 4.58. The fraction of sp³-hybridized carbons (Fsp3) is 0. The van der Waals surface area contributed by atoms with Crippen LogP contribution in [-0.2, 0) is 4.79 Å². The fourth-order valence-electron chi connectivity index (χ4n) is 2.15. The van der Waals surface area contributed by atoms with Crippen LogP contribution in [0.5, 0.6) is 5.75 Å². The van der Waals surface area contributed by atoms with Gasteiger partial charge in [-0.05, 0) is 41.8 Å². The highest BCUT2D eigenvalue weighted by molar-refractivity contribution is 6.08. The van der Waals surface area contributed by atoms with E-state index in [1.165, 1.54) is 0 Å². The van der Waals surface area contributed by atoms with Crippen LogP contribution in [0.2, 0.25) is 0 Å². The van der Waals surface area contributed by atoms with Crippen molar-refractivity contribution in [2.24, 2.45) is 0 Å². The highest BCUT2D eigenvalue weighted by atomic mass is 16.5. The van der Waals surface area contributed by atoms with Gasteiger partial charge >= 0.3 is 0 Å². The van der Waals surface area contributed by atoms with Gasteiger partial charge in [0.05, 0.1) is 0 Å². The Labute approximate surface area is 126 Å². The topological polar surface area (TPSA) is 68.3 Å². The maximum absolute atomic E-state index is 12.2. The molecule has 3 aromatic rings. The van der Waals surface area contributed by atoms with Crippen molar-refractivity contribution in [3.8, 4) is 5.75 Å². The highest BCUT2D eigenvalue weighted by Crippen LogP contribution is 2.25. The molecule has 1 aromatic heterocycles. The number of amides is 1. The Morgan fingerprint density at radius 1 is 1.09 bits per heavy atom. The van der Waals surface area contributed by atoms with Gasteiger partial charge in [-0.3, -0.25) is 9.59 Å². The quantitative estimate of drug-likeness (QED) is 0.750. The summed E-state index contributed by atoms with van der Waals surface area (Å²) >= 11 is 0. The van der Waals surface area contributed by atoms with E-state index in [0.29, 0.717) is 23.6 Å². The summed E-state index contributed by atoms with van der Waals surface area (Å²) in [4.78, 5) is 26.8. The zero-order valence-electron chi connectivity index (χ0n) is 11.5. The minimum atomic E-state index is -0.228. The van der Waals surface area contributed by atoms with Gasteiger partial charge in [-0.25, -0.2) is 4.98 Å². The van der Waals surface area contributed by atoms with Crippen molar-refractivity contribution in [1.29, 1.82) is 0 Å². The average Bonchev–Trinajstić information content (AvgIpc) is 2.56. The monoisotopic (exact) mass is 292 g/mol. The van der Waals surface area contributed by atoms with Gasteiger partial charge in [0.25, 0.3) is 12.4 Å². The fourth-order valence-corrected chi connectivity index (χ4v) is 2.15. The number of carbonyl (C=O) groups excluding carboxylic acids is 2. The van der Waals surface area contributed by atoms with E-state index in [1.54, 1.807) is 54.7 Å². The number of benzene rings is 2. The molecule has 3 rings (SSSR count). The summed E-state index contributed by atoms with van der Waals surface area (Å²) in [6.07, 6.45) is 1.59. The highest BCUT2D eigenvalue weighted by Gasteiger charge is 2.09. The molecule has 0 saturated carbocycles. The van der Waals surface area contributed by atoms with Gasteiger partial charge in [0.15, 0.2) is 0 Å². The molecule has 2 aromatic carbocycles. The van der Waals surface area contributed by atoms with Crippen LogP contribution >= 0.6 is 0 Å². The summed E-state index contributed by atoms with van der Waals surface area (Å²) in [6, 6.07) is 15.8. The van der Waals surface area contributed by atoms with E-state index in [-0.39, 0.29) is 5.91 Å². The van der Waals surface area contributed by atoms with Crippen molar-refractivity contribution < 1.29 is 14.3 Å². The molecule has 1 N–H and O–H groups in total. The molecular formula is C17H12N2O3. The van der Waals surface area contributed by atoms with Crippen LogP contribution in [0.25, 0.3) is 10.8 Å². The molecule has 1 amide bonds. The molecule has 0 radical (unpaired) electrons. The number of anilines is 1. The predicted octanol–water partition coefficient (Wildman–Crippen LogP) is 3.02. The Balaban J connectivity index is 1.94. The number of nitrogens with zero attached hydrogens (tertiary/aromatic N) is 1. The summed E-state index contributed by atoms with van der Waals surface area (Å²) < 4.78 is 4.82. The Morgan fingerprint density at radius 3 is 2.68 bits per heavy atom. The zero-order valence-corrected chi connectivity index (χ0v) is 11.5. The maximum Gasteiger partial charge on any atom is 0.298 e. The standard InChI is InChI=1S/C17H12N2O3/c20-11-22-14-6-7-15-13(10-14)8-9-18-16(15)19-17(21)12-4-2-1-3-5-12/h1-11H,(H,18,19,21). The number of aromatic nitrogens is 1. The zero-order chi connectivity index (χ0) is 15.4. The maximum atomic E-state index is 12.2. The third kappa shape index (κ3) is 2.78. The third-order valence-corrected chi connectivity index (χ3v) is 3.19. The molecule has 0 atom stereocenters. The first-order chi connectivity index (χ1) is 10.8. The van der Waals surface area contributed by atoms with Crippen molar-refractivity contribution in [1.82, 2.24) is 4.98 Å². The van der Waals surface area contributed by atoms with Crippen LogP contribution in [-0.4, -0.2) is 17.4 Å². The smallest absolute Gasteiger partial charge is 0.298 e. The van der Waals surface area contributed by atoms with Gasteiger partial charge in [-0.2, -0.15) is 0 Å². The molecule has 0 bridgehead atoms. The van der Waals surface area contributed by atoms with E-state index in [0.717, 1.165) is 10.8 Å². The molecule has 5 heteroatoms. The molecule has 1 heterocycles. The van der Waals surface area contributed by atoms with E-state index in [1.807, 2.05) is 6.07 Å². The van der Waals surface area contributed by atoms with Gasteiger partial charge in [0, 0.05) is 17.1 Å². The largest absolute Gasteiger partial charge is 0.429 e. The van der Waals surface area contributed by atoms with E-state index in [2.05, 4.69) is 10.3 Å². The molecule has 22 heavy (non-hydrogen) atoms. The number of fused-ring (bicyclic) bond motifs is 1. The lowest BCUT2D eigenvalue weighted by atomic mass is 10.1. The third-order valence-electron chi connectivity index (χ3n) is 3.19.